The molecule has 88 valence electrons. The molecule has 0 fully saturated rings. The van der Waals surface area contributed by atoms with Crippen molar-refractivity contribution in [2.45, 2.75) is 0 Å². The van der Waals surface area contributed by atoms with Gasteiger partial charge in [0.15, 0.2) is 0 Å². The van der Waals surface area contributed by atoms with Gasteiger partial charge in [-0.25, -0.2) is 0 Å². The number of H-pyrrole nitrogens is 1. The van der Waals surface area contributed by atoms with Gasteiger partial charge in [0.05, 0.1) is 0 Å². The Kier molecular flexibility index (Phi) is 2.82. The first-order valence-corrected chi connectivity index (χ1v) is 5.93. The monoisotopic (exact) mass is 255 g/mol. The molecule has 4 heteroatoms. The van der Waals surface area contributed by atoms with E-state index in [0.717, 1.165) is 27.4 Å². The lowest BCUT2D eigenvalue weighted by molar-refractivity contribution is 0.942. The quantitative estimate of drug-likeness (QED) is 0.757. The van der Waals surface area contributed by atoms with Crippen LogP contribution in [-0.2, 0) is 0 Å². The summed E-state index contributed by atoms with van der Waals surface area (Å²) in [6.07, 6.45) is 1.78. The number of nitrogens with zero attached hydrogens (tertiary/aromatic N) is 2. The van der Waals surface area contributed by atoms with Crippen molar-refractivity contribution in [1.82, 2.24) is 15.4 Å². The lowest BCUT2D eigenvalue weighted by Gasteiger charge is -2.03. The summed E-state index contributed by atoms with van der Waals surface area (Å²) in [7, 11) is 0. The van der Waals surface area contributed by atoms with Gasteiger partial charge in [-0.2, -0.15) is 0 Å². The predicted octanol–water partition coefficient (Wildman–Crippen LogP) is 3.79. The molecule has 0 amide bonds. The van der Waals surface area contributed by atoms with E-state index in [1.165, 1.54) is 0 Å². The van der Waals surface area contributed by atoms with E-state index in [9.17, 15) is 0 Å². The molecule has 0 saturated carbocycles. The first kappa shape index (κ1) is 11.0. The van der Waals surface area contributed by atoms with Gasteiger partial charge in [0.1, 0.15) is 5.69 Å². The molecule has 3 rings (SSSR count). The Morgan fingerprint density at radius 2 is 1.33 bits per heavy atom. The molecule has 0 saturated heterocycles. The normalized spacial score (nSPS) is 10.5. The maximum absolute atomic E-state index is 5.87. The second kappa shape index (κ2) is 4.63. The molecule has 3 aromatic rings. The fourth-order valence-corrected chi connectivity index (χ4v) is 1.94. The standard InChI is InChI=1S/C14H10ClN3/c15-13-7-5-11(6-8-13)10-1-3-12(4-2-10)14-9-16-18-17-14/h1-9H,(H,16,17,18). The number of aromatic nitrogens is 3. The van der Waals surface area contributed by atoms with Gasteiger partial charge in [-0.1, -0.05) is 53.2 Å². The summed E-state index contributed by atoms with van der Waals surface area (Å²) in [5, 5.41) is 11.1. The van der Waals surface area contributed by atoms with Gasteiger partial charge in [-0.3, -0.25) is 5.10 Å². The molecule has 0 radical (unpaired) electrons. The molecule has 1 aromatic heterocycles. The second-order valence-corrected chi connectivity index (χ2v) is 4.38. The third-order valence-electron chi connectivity index (χ3n) is 2.77. The smallest absolute Gasteiger partial charge is 0.112 e. The SMILES string of the molecule is Clc1ccc(-c2ccc(-c3c[nH]nn3)cc2)cc1. The van der Waals surface area contributed by atoms with E-state index >= 15 is 0 Å². The molecule has 1 heterocycles. The van der Waals surface area contributed by atoms with Crippen LogP contribution in [0.2, 0.25) is 5.02 Å². The van der Waals surface area contributed by atoms with E-state index in [0.29, 0.717) is 0 Å². The van der Waals surface area contributed by atoms with Crippen LogP contribution in [0.1, 0.15) is 0 Å². The van der Waals surface area contributed by atoms with Gasteiger partial charge < -0.3 is 0 Å². The number of nitrogens with one attached hydrogen (secondary N) is 1. The summed E-state index contributed by atoms with van der Waals surface area (Å²) in [6, 6.07) is 16.0. The lowest BCUT2D eigenvalue weighted by atomic mass is 10.0. The zero-order valence-corrected chi connectivity index (χ0v) is 10.2. The minimum Gasteiger partial charge on any atom is -0.265 e. The Bertz CT molecular complexity index is 628. The van der Waals surface area contributed by atoms with Gasteiger partial charge in [-0.05, 0) is 23.3 Å². The molecule has 2 aromatic carbocycles. The molecule has 1 N–H and O–H groups in total. The molecule has 0 aliphatic rings. The van der Waals surface area contributed by atoms with Crippen LogP contribution >= 0.6 is 11.6 Å². The highest BCUT2D eigenvalue weighted by Gasteiger charge is 2.02. The van der Waals surface area contributed by atoms with Crippen LogP contribution in [0, 0.1) is 0 Å². The van der Waals surface area contributed by atoms with E-state index < -0.39 is 0 Å². The number of halogens is 1. The molecular weight excluding hydrogens is 246 g/mol. The first-order chi connectivity index (χ1) is 8.83. The Hall–Kier alpha value is -2.13. The van der Waals surface area contributed by atoms with Crippen LogP contribution in [0.3, 0.4) is 0 Å². The van der Waals surface area contributed by atoms with Crippen molar-refractivity contribution in [3.63, 3.8) is 0 Å². The highest BCUT2D eigenvalue weighted by Crippen LogP contribution is 2.24. The number of benzene rings is 2. The highest BCUT2D eigenvalue weighted by molar-refractivity contribution is 6.30. The van der Waals surface area contributed by atoms with Crippen LogP contribution < -0.4 is 0 Å². The van der Waals surface area contributed by atoms with Crippen LogP contribution in [0.4, 0.5) is 0 Å². The molecular formula is C14H10ClN3. The fourth-order valence-electron chi connectivity index (χ4n) is 1.82. The van der Waals surface area contributed by atoms with Crippen molar-refractivity contribution >= 4 is 11.6 Å². The number of aromatic amines is 1. The van der Waals surface area contributed by atoms with Crippen molar-refractivity contribution in [3.05, 3.63) is 59.8 Å². The Balaban J connectivity index is 1.94. The van der Waals surface area contributed by atoms with Gasteiger partial charge in [0.25, 0.3) is 0 Å². The van der Waals surface area contributed by atoms with Crippen LogP contribution in [0.5, 0.6) is 0 Å². The van der Waals surface area contributed by atoms with E-state index in [1.54, 1.807) is 6.20 Å². The molecule has 0 aliphatic heterocycles. The van der Waals surface area contributed by atoms with Crippen LogP contribution in [-0.4, -0.2) is 15.4 Å². The van der Waals surface area contributed by atoms with Gasteiger partial charge in [0.2, 0.25) is 0 Å². The van der Waals surface area contributed by atoms with E-state index in [2.05, 4.69) is 27.5 Å². The van der Waals surface area contributed by atoms with E-state index in [-0.39, 0.29) is 0 Å². The Morgan fingerprint density at radius 1 is 0.778 bits per heavy atom. The summed E-state index contributed by atoms with van der Waals surface area (Å²) >= 11 is 5.87. The van der Waals surface area contributed by atoms with Crippen molar-refractivity contribution in [2.24, 2.45) is 0 Å². The third-order valence-corrected chi connectivity index (χ3v) is 3.03. The molecule has 3 nitrogen and oxygen atoms in total. The molecule has 18 heavy (non-hydrogen) atoms. The molecule has 0 bridgehead atoms. The van der Waals surface area contributed by atoms with E-state index in [4.69, 9.17) is 11.6 Å². The Morgan fingerprint density at radius 3 is 1.89 bits per heavy atom. The third kappa shape index (κ3) is 2.13. The van der Waals surface area contributed by atoms with Crippen LogP contribution in [0.15, 0.2) is 54.7 Å². The van der Waals surface area contributed by atoms with E-state index in [1.807, 2.05) is 36.4 Å². The second-order valence-electron chi connectivity index (χ2n) is 3.94. The summed E-state index contributed by atoms with van der Waals surface area (Å²) < 4.78 is 0. The van der Waals surface area contributed by atoms with Crippen molar-refractivity contribution in [2.75, 3.05) is 0 Å². The maximum Gasteiger partial charge on any atom is 0.112 e. The average Bonchev–Trinajstić information content (AvgIpc) is 2.94. The van der Waals surface area contributed by atoms with Crippen molar-refractivity contribution < 1.29 is 0 Å². The lowest BCUT2D eigenvalue weighted by Crippen LogP contribution is -1.80. The van der Waals surface area contributed by atoms with Gasteiger partial charge >= 0.3 is 0 Å². The molecule has 0 unspecified atom stereocenters. The zero-order valence-electron chi connectivity index (χ0n) is 9.47. The van der Waals surface area contributed by atoms with Gasteiger partial charge in [0, 0.05) is 16.8 Å². The van der Waals surface area contributed by atoms with Gasteiger partial charge in [-0.15, -0.1) is 5.10 Å². The highest BCUT2D eigenvalue weighted by atomic mass is 35.5. The number of hydrogen-bond acceptors (Lipinski definition) is 2. The van der Waals surface area contributed by atoms with Crippen molar-refractivity contribution in [3.8, 4) is 22.4 Å². The first-order valence-electron chi connectivity index (χ1n) is 5.56. The molecule has 0 atom stereocenters. The number of hydrogen-bond donors (Lipinski definition) is 1. The van der Waals surface area contributed by atoms with Crippen LogP contribution in [0.25, 0.3) is 22.4 Å². The predicted molar refractivity (Wildman–Crippen MR) is 72.3 cm³/mol. The zero-order chi connectivity index (χ0) is 12.4. The average molecular weight is 256 g/mol. The summed E-state index contributed by atoms with van der Waals surface area (Å²) in [4.78, 5) is 0. The Labute approximate surface area is 109 Å². The summed E-state index contributed by atoms with van der Waals surface area (Å²) in [5.41, 5.74) is 4.18. The molecule has 0 aliphatic carbocycles. The summed E-state index contributed by atoms with van der Waals surface area (Å²) in [6.45, 7) is 0. The fraction of sp³-hybridized carbons (Fsp3) is 0. The minimum atomic E-state index is 0.748. The molecule has 0 spiro atoms. The topological polar surface area (TPSA) is 41.6 Å². The summed E-state index contributed by atoms with van der Waals surface area (Å²) in [5.74, 6) is 0. The maximum atomic E-state index is 5.87. The van der Waals surface area contributed by atoms with Crippen molar-refractivity contribution in [1.29, 1.82) is 0 Å². The largest absolute Gasteiger partial charge is 0.265 e. The number of rotatable bonds is 2. The minimum absolute atomic E-state index is 0.748.